The molecule has 1 aromatic carbocycles. The zero-order valence-corrected chi connectivity index (χ0v) is 12.8. The maximum Gasteiger partial charge on any atom is 0.122 e. The van der Waals surface area contributed by atoms with E-state index in [9.17, 15) is 5.11 Å². The van der Waals surface area contributed by atoms with Crippen LogP contribution in [0.4, 0.5) is 0 Å². The van der Waals surface area contributed by atoms with Crippen LogP contribution in [0.15, 0.2) is 18.2 Å². The summed E-state index contributed by atoms with van der Waals surface area (Å²) in [4.78, 5) is 0. The minimum atomic E-state index is -0.483. The summed E-state index contributed by atoms with van der Waals surface area (Å²) in [6, 6.07) is 6.09. The van der Waals surface area contributed by atoms with Crippen LogP contribution in [0.25, 0.3) is 0 Å². The molecule has 0 bridgehead atoms. The fourth-order valence-electron chi connectivity index (χ4n) is 3.28. The van der Waals surface area contributed by atoms with Gasteiger partial charge in [-0.05, 0) is 31.4 Å². The van der Waals surface area contributed by atoms with E-state index in [2.05, 4.69) is 13.0 Å². The van der Waals surface area contributed by atoms with Crippen molar-refractivity contribution in [1.29, 1.82) is 0 Å². The first-order valence-electron chi connectivity index (χ1n) is 7.48. The number of aryl methyl sites for hydroxylation is 1. The van der Waals surface area contributed by atoms with Gasteiger partial charge in [0.15, 0.2) is 0 Å². The van der Waals surface area contributed by atoms with E-state index in [1.165, 1.54) is 12.0 Å². The normalized spacial score (nSPS) is 19.6. The zero-order valence-electron chi connectivity index (χ0n) is 12.8. The molecule has 1 unspecified atom stereocenters. The topological polar surface area (TPSA) is 38.7 Å². The van der Waals surface area contributed by atoms with Crippen LogP contribution in [0.1, 0.15) is 43.2 Å². The highest BCUT2D eigenvalue weighted by Crippen LogP contribution is 2.36. The molecule has 0 amide bonds. The first-order valence-corrected chi connectivity index (χ1v) is 7.48. The molecule has 1 fully saturated rings. The average Bonchev–Trinajstić information content (AvgIpc) is 2.48. The maximum absolute atomic E-state index is 10.7. The molecule has 1 N–H and O–H groups in total. The zero-order chi connectivity index (χ0) is 14.6. The van der Waals surface area contributed by atoms with Crippen LogP contribution < -0.4 is 4.74 Å². The Kier molecular flexibility index (Phi) is 5.06. The van der Waals surface area contributed by atoms with Gasteiger partial charge in [-0.3, -0.25) is 0 Å². The highest BCUT2D eigenvalue weighted by atomic mass is 16.5. The molecule has 3 nitrogen and oxygen atoms in total. The molecule has 0 heterocycles. The van der Waals surface area contributed by atoms with Crippen LogP contribution in [-0.4, -0.2) is 31.0 Å². The summed E-state index contributed by atoms with van der Waals surface area (Å²) < 4.78 is 11.1. The van der Waals surface area contributed by atoms with Crippen molar-refractivity contribution < 1.29 is 14.6 Å². The number of aliphatic hydroxyl groups excluding tert-OH is 1. The molecule has 1 saturated carbocycles. The lowest BCUT2D eigenvalue weighted by Gasteiger charge is -2.40. The van der Waals surface area contributed by atoms with Gasteiger partial charge >= 0.3 is 0 Å². The Morgan fingerprint density at radius 3 is 2.50 bits per heavy atom. The van der Waals surface area contributed by atoms with Crippen molar-refractivity contribution in [1.82, 2.24) is 0 Å². The Labute approximate surface area is 121 Å². The first kappa shape index (κ1) is 15.3. The van der Waals surface area contributed by atoms with E-state index in [1.807, 2.05) is 12.1 Å². The minimum Gasteiger partial charge on any atom is -0.496 e. The maximum atomic E-state index is 10.7. The number of benzene rings is 1. The van der Waals surface area contributed by atoms with Gasteiger partial charge in [0.05, 0.1) is 18.8 Å². The predicted molar refractivity (Wildman–Crippen MR) is 80.3 cm³/mol. The first-order chi connectivity index (χ1) is 9.61. The molecule has 3 heteroatoms. The van der Waals surface area contributed by atoms with Gasteiger partial charge in [-0.1, -0.05) is 37.0 Å². The molecule has 0 spiro atoms. The molecule has 1 atom stereocenters. The molecule has 0 aliphatic heterocycles. The highest BCUT2D eigenvalue weighted by Gasteiger charge is 2.39. The Morgan fingerprint density at radius 2 is 1.90 bits per heavy atom. The molecule has 20 heavy (non-hydrogen) atoms. The van der Waals surface area contributed by atoms with E-state index in [1.54, 1.807) is 14.2 Å². The Hall–Kier alpha value is -1.06. The summed E-state index contributed by atoms with van der Waals surface area (Å²) in [6.45, 7) is 2.06. The van der Waals surface area contributed by atoms with E-state index in [-0.39, 0.29) is 5.60 Å². The molecule has 0 aromatic heterocycles. The largest absolute Gasteiger partial charge is 0.496 e. The van der Waals surface area contributed by atoms with Gasteiger partial charge in [0.2, 0.25) is 0 Å². The number of rotatable bonds is 5. The van der Waals surface area contributed by atoms with Gasteiger partial charge in [-0.15, -0.1) is 0 Å². The Bertz CT molecular complexity index is 436. The SMILES string of the molecule is COc1ccc(C)cc1CC(O)C1(OC)CCCCC1. The molecule has 112 valence electrons. The summed E-state index contributed by atoms with van der Waals surface area (Å²) in [7, 11) is 3.40. The van der Waals surface area contributed by atoms with Gasteiger partial charge < -0.3 is 14.6 Å². The number of aliphatic hydroxyl groups is 1. The second-order valence-corrected chi connectivity index (χ2v) is 5.86. The third kappa shape index (κ3) is 3.15. The van der Waals surface area contributed by atoms with Crippen LogP contribution in [0.2, 0.25) is 0 Å². The number of hydrogen-bond donors (Lipinski definition) is 1. The standard InChI is InChI=1S/C17H26O3/c1-13-7-8-15(19-2)14(11-13)12-16(18)17(20-3)9-5-4-6-10-17/h7-8,11,16,18H,4-6,9-10,12H2,1-3H3. The minimum absolute atomic E-state index is 0.382. The lowest BCUT2D eigenvalue weighted by molar-refractivity contribution is -0.122. The molecule has 1 aliphatic carbocycles. The summed E-state index contributed by atoms with van der Waals surface area (Å²) >= 11 is 0. The molecular formula is C17H26O3. The summed E-state index contributed by atoms with van der Waals surface area (Å²) in [6.07, 6.45) is 5.50. The fraction of sp³-hybridized carbons (Fsp3) is 0.647. The van der Waals surface area contributed by atoms with E-state index < -0.39 is 6.10 Å². The lowest BCUT2D eigenvalue weighted by atomic mass is 9.78. The summed E-state index contributed by atoms with van der Waals surface area (Å²) in [5.74, 6) is 0.844. The van der Waals surface area contributed by atoms with Crippen LogP contribution in [0, 0.1) is 6.92 Å². The third-order valence-corrected chi connectivity index (χ3v) is 4.56. The van der Waals surface area contributed by atoms with Crippen LogP contribution in [0.3, 0.4) is 0 Å². The van der Waals surface area contributed by atoms with Gasteiger partial charge in [-0.2, -0.15) is 0 Å². The van der Waals surface area contributed by atoms with E-state index in [0.29, 0.717) is 6.42 Å². The summed E-state index contributed by atoms with van der Waals surface area (Å²) in [5.41, 5.74) is 1.86. The predicted octanol–water partition coefficient (Wildman–Crippen LogP) is 3.26. The smallest absolute Gasteiger partial charge is 0.122 e. The van der Waals surface area contributed by atoms with Crippen molar-refractivity contribution in [3.63, 3.8) is 0 Å². The van der Waals surface area contributed by atoms with E-state index in [4.69, 9.17) is 9.47 Å². The highest BCUT2D eigenvalue weighted by molar-refractivity contribution is 5.37. The molecule has 0 radical (unpaired) electrons. The van der Waals surface area contributed by atoms with Gasteiger partial charge in [0.25, 0.3) is 0 Å². The van der Waals surface area contributed by atoms with Gasteiger partial charge in [0, 0.05) is 13.5 Å². The third-order valence-electron chi connectivity index (χ3n) is 4.56. The van der Waals surface area contributed by atoms with Crippen molar-refractivity contribution in [3.8, 4) is 5.75 Å². The van der Waals surface area contributed by atoms with Gasteiger partial charge in [-0.25, -0.2) is 0 Å². The van der Waals surface area contributed by atoms with Crippen LogP contribution in [0.5, 0.6) is 5.75 Å². The molecule has 1 aliphatic rings. The van der Waals surface area contributed by atoms with Crippen molar-refractivity contribution >= 4 is 0 Å². The van der Waals surface area contributed by atoms with E-state index in [0.717, 1.165) is 37.0 Å². The second kappa shape index (κ2) is 6.59. The molecule has 0 saturated heterocycles. The number of hydrogen-bond acceptors (Lipinski definition) is 3. The van der Waals surface area contributed by atoms with E-state index >= 15 is 0 Å². The monoisotopic (exact) mass is 278 g/mol. The fourth-order valence-corrected chi connectivity index (χ4v) is 3.28. The molecule has 1 aromatic rings. The Morgan fingerprint density at radius 1 is 1.20 bits per heavy atom. The second-order valence-electron chi connectivity index (χ2n) is 5.86. The number of ether oxygens (including phenoxy) is 2. The summed E-state index contributed by atoms with van der Waals surface area (Å²) in [5, 5.41) is 10.7. The van der Waals surface area contributed by atoms with Crippen LogP contribution >= 0.6 is 0 Å². The van der Waals surface area contributed by atoms with Crippen molar-refractivity contribution in [3.05, 3.63) is 29.3 Å². The van der Waals surface area contributed by atoms with Crippen molar-refractivity contribution in [2.75, 3.05) is 14.2 Å². The number of methoxy groups -OCH3 is 2. The van der Waals surface area contributed by atoms with Gasteiger partial charge in [0.1, 0.15) is 5.75 Å². The van der Waals surface area contributed by atoms with Crippen LogP contribution in [-0.2, 0) is 11.2 Å². The molecular weight excluding hydrogens is 252 g/mol. The quantitative estimate of drug-likeness (QED) is 0.898. The van der Waals surface area contributed by atoms with Crippen molar-refractivity contribution in [2.45, 2.75) is 57.2 Å². The molecule has 2 rings (SSSR count). The average molecular weight is 278 g/mol. The lowest BCUT2D eigenvalue weighted by Crippen LogP contribution is -2.46. The Balaban J connectivity index is 2.17. The van der Waals surface area contributed by atoms with Crippen molar-refractivity contribution in [2.24, 2.45) is 0 Å².